The van der Waals surface area contributed by atoms with Crippen LogP contribution in [0.15, 0.2) is 120 Å². The maximum atomic E-state index is 12.3. The van der Waals surface area contributed by atoms with Crippen LogP contribution in [0.3, 0.4) is 0 Å². The van der Waals surface area contributed by atoms with E-state index in [9.17, 15) is 23.9 Å². The van der Waals surface area contributed by atoms with Crippen LogP contribution in [-0.4, -0.2) is 101 Å². The number of ether oxygens (including phenoxy) is 2. The van der Waals surface area contributed by atoms with Crippen LogP contribution in [0.1, 0.15) is 130 Å². The summed E-state index contributed by atoms with van der Waals surface area (Å²) in [6.07, 6.45) is 7.52. The van der Waals surface area contributed by atoms with E-state index in [1.807, 2.05) is 48.7 Å². The minimum absolute atomic E-state index is 0.218. The monoisotopic (exact) mass is 1280 g/mol. The molecule has 85 heavy (non-hydrogen) atoms. The van der Waals surface area contributed by atoms with Gasteiger partial charge in [0.15, 0.2) is 10.3 Å². The number of nitrogen functional groups attached to an aromatic ring is 3. The molecular weight excluding hydrogens is 1200 g/mol. The van der Waals surface area contributed by atoms with E-state index in [-0.39, 0.29) is 17.9 Å². The standard InChI is InChI=1S/C21H24N4O2S.C19H20N4O2S.C15H14N4S.C6H11BrO2.CH3F/c1-4-27-18(26)21(2,3)28-20-24-23-19(22)25(20)17-12-11-14(13-9-10-13)15-7-5-6-8-16(15)17;1-19(2,16(24)25)26-18-22-21-17(20)23(18)15-10-9-12(11-7-8-11)13-5-3-4-6-14(13)15;16-14-17-18-15(20)19(14)13-8-7-10(9-5-6-9)11-3-1-2-4-12(11)13;1-4-9-5(8)6(2,3)7;1-2/h5-8,11-13H,4,9-10H2,1-3H3,(H2,22,23);3-6,9-11H,7-8H2,1-2H3,(H2,20,21)(H,24,25);1-4,7-9H,5-6H2,(H2,16,17)(H,18,20);4H2,1-3H3;1H3/i;;;;1D. The molecule has 448 valence electrons. The largest absolute Gasteiger partial charge is 0.480 e. The molecule has 6 aromatic carbocycles. The summed E-state index contributed by atoms with van der Waals surface area (Å²) in [5, 5.41) is 40.7. The number of hydrogen-bond donors (Lipinski definition) is 5. The highest BCUT2D eigenvalue weighted by Gasteiger charge is 2.35. The van der Waals surface area contributed by atoms with E-state index in [2.05, 4.69) is 125 Å². The van der Waals surface area contributed by atoms with E-state index in [4.69, 9.17) is 40.3 Å². The average Bonchev–Trinajstić information content (AvgIpc) is 1.80. The highest BCUT2D eigenvalue weighted by molar-refractivity contribution is 9.10. The second-order valence-electron chi connectivity index (χ2n) is 22.0. The van der Waals surface area contributed by atoms with Crippen molar-refractivity contribution in [2.75, 3.05) is 37.6 Å². The molecule has 0 radical (unpaired) electrons. The Hall–Kier alpha value is -7.34. The van der Waals surface area contributed by atoms with Crippen molar-refractivity contribution in [2.24, 2.45) is 0 Å². The third kappa shape index (κ3) is 14.7. The van der Waals surface area contributed by atoms with Crippen molar-refractivity contribution in [2.45, 2.75) is 136 Å². The molecule has 0 atom stereocenters. The zero-order valence-electron chi connectivity index (χ0n) is 49.8. The van der Waals surface area contributed by atoms with Crippen LogP contribution >= 0.6 is 51.7 Å². The lowest BCUT2D eigenvalue weighted by Gasteiger charge is -2.21. The number of nitrogens with zero attached hydrogens (tertiary/aromatic N) is 8. The van der Waals surface area contributed by atoms with Gasteiger partial charge in [0, 0.05) is 16.2 Å². The number of fused-ring (bicyclic) bond motifs is 3. The minimum atomic E-state index is -1.04. The molecule has 18 nitrogen and oxygen atoms in total. The van der Waals surface area contributed by atoms with Crippen molar-refractivity contribution in [1.29, 1.82) is 0 Å². The van der Waals surface area contributed by atoms with Crippen molar-refractivity contribution in [3.05, 3.63) is 131 Å². The normalized spacial score (nSPS) is 14.1. The summed E-state index contributed by atoms with van der Waals surface area (Å²) in [5.41, 5.74) is 25.2. The van der Waals surface area contributed by atoms with Crippen LogP contribution in [0.5, 0.6) is 0 Å². The lowest BCUT2D eigenvalue weighted by molar-refractivity contribution is -0.145. The predicted molar refractivity (Wildman–Crippen MR) is 344 cm³/mol. The Balaban J connectivity index is 0.000000154. The number of aliphatic carboxylic acids is 1. The van der Waals surface area contributed by atoms with Gasteiger partial charge in [0.2, 0.25) is 22.6 Å². The first-order valence-electron chi connectivity index (χ1n) is 28.6. The summed E-state index contributed by atoms with van der Waals surface area (Å²) in [5.74, 6) is 1.50. The number of thioether (sulfide) groups is 2. The number of alkyl halides is 2. The number of carboxylic acid groups (broad SMARTS) is 1. The third-order valence-electron chi connectivity index (χ3n) is 14.3. The first-order chi connectivity index (χ1) is 41.0. The van der Waals surface area contributed by atoms with Gasteiger partial charge < -0.3 is 31.8 Å². The van der Waals surface area contributed by atoms with Crippen molar-refractivity contribution >= 4 is 120 Å². The molecule has 0 bridgehead atoms. The molecule has 0 amide bonds. The molecule has 8 N–H and O–H groups in total. The number of anilines is 3. The first-order valence-corrected chi connectivity index (χ1v) is 30.7. The average molecular weight is 1280 g/mol. The quantitative estimate of drug-likeness (QED) is 0.0276. The van der Waals surface area contributed by atoms with Gasteiger partial charge in [-0.15, -0.1) is 25.5 Å². The molecule has 0 saturated heterocycles. The third-order valence-corrected chi connectivity index (χ3v) is 17.2. The summed E-state index contributed by atoms with van der Waals surface area (Å²) < 4.78 is 28.9. The minimum Gasteiger partial charge on any atom is -0.480 e. The second kappa shape index (κ2) is 26.9. The van der Waals surface area contributed by atoms with Gasteiger partial charge in [0.25, 0.3) is 0 Å². The Labute approximate surface area is 516 Å². The first kappa shape index (κ1) is 62.2. The van der Waals surface area contributed by atoms with Gasteiger partial charge in [-0.3, -0.25) is 32.5 Å². The fraction of sp³-hybridized carbons (Fsp3) is 0.371. The van der Waals surface area contributed by atoms with Crippen molar-refractivity contribution in [1.82, 2.24) is 44.3 Å². The summed E-state index contributed by atoms with van der Waals surface area (Å²) in [6, 6.07) is 37.7. The number of carboxylic acids is 1. The molecule has 3 aromatic heterocycles. The van der Waals surface area contributed by atoms with E-state index in [1.54, 1.807) is 50.7 Å². The van der Waals surface area contributed by atoms with E-state index in [0.717, 1.165) is 39.6 Å². The van der Waals surface area contributed by atoms with Crippen molar-refractivity contribution in [3.8, 4) is 17.1 Å². The van der Waals surface area contributed by atoms with Crippen molar-refractivity contribution in [3.63, 3.8) is 0 Å². The molecule has 12 rings (SSSR count). The maximum absolute atomic E-state index is 12.3. The number of nitrogens with two attached hydrogens (primary N) is 3. The smallest absolute Gasteiger partial charge is 0.322 e. The molecule has 3 aliphatic carbocycles. The second-order valence-corrected chi connectivity index (χ2v) is 27.5. The SMILES string of the molecule is CC(C)(Sc1nnc(N)n1-c1ccc(C2CC2)c2ccccc12)C(=O)O.CCOC(=O)C(C)(C)Br.CCOC(=O)C(C)(C)Sc1nnc(N)n1-c1ccc(C2CC2)c2ccccc12.Nc1n[nH]c(=S)n1-c1ccc(C2CC2)c2ccccc12.[2H]CF. The van der Waals surface area contributed by atoms with Crippen LogP contribution in [-0.2, 0) is 23.9 Å². The Kier molecular flexibility index (Phi) is 19.7. The number of halogens is 2. The number of aromatic amines is 1. The molecule has 0 aliphatic heterocycles. The summed E-state index contributed by atoms with van der Waals surface area (Å²) in [7, 11) is -1.00. The van der Waals surface area contributed by atoms with Crippen LogP contribution in [0.2, 0.25) is 0 Å². The molecule has 0 unspecified atom stereocenters. The zero-order chi connectivity index (χ0) is 62.3. The predicted octanol–water partition coefficient (Wildman–Crippen LogP) is 14.0. The topological polar surface area (TPSA) is 263 Å². The van der Waals surface area contributed by atoms with Gasteiger partial charge in [0.1, 0.15) is 13.8 Å². The number of rotatable bonds is 15. The number of esters is 2. The van der Waals surface area contributed by atoms with Crippen LogP contribution < -0.4 is 17.2 Å². The van der Waals surface area contributed by atoms with Crippen LogP contribution in [0.4, 0.5) is 22.2 Å². The zero-order valence-corrected chi connectivity index (χ0v) is 52.8. The summed E-state index contributed by atoms with van der Waals surface area (Å²) in [4.78, 5) is 34.6. The number of carbonyl (C=O) groups is 3. The van der Waals surface area contributed by atoms with Gasteiger partial charge in [-0.1, -0.05) is 130 Å². The molecule has 0 spiro atoms. The van der Waals surface area contributed by atoms with E-state index < -0.39 is 26.9 Å². The fourth-order valence-corrected chi connectivity index (χ4v) is 11.8. The Morgan fingerprint density at radius 2 is 0.941 bits per heavy atom. The van der Waals surface area contributed by atoms with Gasteiger partial charge in [-0.25, -0.2) is 5.10 Å². The number of H-pyrrole nitrogens is 1. The Bertz CT molecular complexity index is 3960. The highest BCUT2D eigenvalue weighted by Crippen LogP contribution is 2.47. The molecule has 3 saturated carbocycles. The number of nitrogens with one attached hydrogen (secondary N) is 1. The number of aromatic nitrogens is 9. The van der Waals surface area contributed by atoms with Gasteiger partial charge in [-0.05, 0) is 175 Å². The lowest BCUT2D eigenvalue weighted by atomic mass is 9.99. The summed E-state index contributed by atoms with van der Waals surface area (Å²) in [6.45, 7) is 14.8. The summed E-state index contributed by atoms with van der Waals surface area (Å²) >= 11 is 10.9. The number of benzene rings is 6. The molecular formula is C62H72BrFN12O6S3. The van der Waals surface area contributed by atoms with E-state index >= 15 is 0 Å². The van der Waals surface area contributed by atoms with Gasteiger partial charge in [-0.2, -0.15) is 0 Å². The molecule has 3 aliphatic rings. The number of carbonyl (C=O) groups excluding carboxylic acids is 2. The molecule has 9 aromatic rings. The van der Waals surface area contributed by atoms with E-state index in [1.165, 1.54) is 88.5 Å². The van der Waals surface area contributed by atoms with E-state index in [0.29, 0.717) is 57.9 Å². The molecule has 23 heteroatoms. The van der Waals surface area contributed by atoms with Crippen molar-refractivity contribution < 1.29 is 34.7 Å². The highest BCUT2D eigenvalue weighted by atomic mass is 79.9. The Morgan fingerprint density at radius 1 is 0.600 bits per heavy atom. The van der Waals surface area contributed by atoms with Gasteiger partial charge in [0.05, 0.1) is 38.8 Å². The van der Waals surface area contributed by atoms with Crippen LogP contribution in [0.25, 0.3) is 49.4 Å². The molecule has 3 fully saturated rings. The maximum Gasteiger partial charge on any atom is 0.322 e. The van der Waals surface area contributed by atoms with Crippen LogP contribution in [0, 0.1) is 4.77 Å². The lowest BCUT2D eigenvalue weighted by Crippen LogP contribution is -2.30. The van der Waals surface area contributed by atoms with Gasteiger partial charge >= 0.3 is 17.9 Å². The number of hydrogen-bond acceptors (Lipinski definition) is 16. The molecule has 3 heterocycles. The fourth-order valence-electron chi connectivity index (χ4n) is 9.59. The Morgan fingerprint density at radius 3 is 1.25 bits per heavy atom.